The second-order valence-corrected chi connectivity index (χ2v) is 3.86. The van der Waals surface area contributed by atoms with Crippen molar-refractivity contribution in [2.24, 2.45) is 0 Å². The van der Waals surface area contributed by atoms with Crippen LogP contribution in [0.4, 0.5) is 0 Å². The van der Waals surface area contributed by atoms with Gasteiger partial charge in [0.15, 0.2) is 0 Å². The number of nitrogens with one attached hydrogen (secondary N) is 1. The van der Waals surface area contributed by atoms with E-state index >= 15 is 0 Å². The van der Waals surface area contributed by atoms with E-state index in [0.717, 1.165) is 13.0 Å². The van der Waals surface area contributed by atoms with Crippen molar-refractivity contribution in [2.75, 3.05) is 6.54 Å². The fourth-order valence-electron chi connectivity index (χ4n) is 1.66. The van der Waals surface area contributed by atoms with Gasteiger partial charge in [0, 0.05) is 6.04 Å². The molecule has 1 unspecified atom stereocenters. The average Bonchev–Trinajstić information content (AvgIpc) is 2.26. The summed E-state index contributed by atoms with van der Waals surface area (Å²) in [6.45, 7) is 5.44. The van der Waals surface area contributed by atoms with Crippen molar-refractivity contribution in [1.29, 1.82) is 0 Å². The van der Waals surface area contributed by atoms with Crippen LogP contribution in [0.3, 0.4) is 0 Å². The van der Waals surface area contributed by atoms with Gasteiger partial charge < -0.3 is 10.4 Å². The van der Waals surface area contributed by atoms with Crippen molar-refractivity contribution in [2.45, 2.75) is 39.2 Å². The molecule has 1 aromatic rings. The van der Waals surface area contributed by atoms with E-state index in [1.807, 2.05) is 12.1 Å². The van der Waals surface area contributed by atoms with Gasteiger partial charge in [-0.05, 0) is 37.1 Å². The molecule has 0 heterocycles. The van der Waals surface area contributed by atoms with Crippen LogP contribution in [0.5, 0.6) is 5.75 Å². The summed E-state index contributed by atoms with van der Waals surface area (Å²) < 4.78 is 0. The monoisotopic (exact) mass is 207 g/mol. The summed E-state index contributed by atoms with van der Waals surface area (Å²) in [5.74, 6) is 0.335. The van der Waals surface area contributed by atoms with Gasteiger partial charge in [-0.2, -0.15) is 0 Å². The first-order valence-corrected chi connectivity index (χ1v) is 5.80. The molecule has 2 heteroatoms. The fraction of sp³-hybridized carbons (Fsp3) is 0.538. The molecule has 2 nitrogen and oxygen atoms in total. The molecular weight excluding hydrogens is 186 g/mol. The quantitative estimate of drug-likeness (QED) is 0.702. The number of phenolic OH excluding ortho intramolecular Hbond substituents is 1. The molecule has 0 fully saturated rings. The van der Waals surface area contributed by atoms with Crippen LogP contribution >= 0.6 is 0 Å². The van der Waals surface area contributed by atoms with E-state index in [2.05, 4.69) is 19.2 Å². The molecule has 0 radical (unpaired) electrons. The van der Waals surface area contributed by atoms with Crippen LogP contribution < -0.4 is 5.32 Å². The molecule has 0 saturated heterocycles. The fourth-order valence-corrected chi connectivity index (χ4v) is 1.66. The molecule has 1 atom stereocenters. The molecule has 0 aliphatic rings. The lowest BCUT2D eigenvalue weighted by atomic mass is 10.0. The Hall–Kier alpha value is -1.02. The van der Waals surface area contributed by atoms with Crippen molar-refractivity contribution in [1.82, 2.24) is 5.32 Å². The molecule has 2 N–H and O–H groups in total. The predicted octanol–water partition coefficient (Wildman–Crippen LogP) is 3.23. The van der Waals surface area contributed by atoms with Crippen molar-refractivity contribution < 1.29 is 5.11 Å². The lowest BCUT2D eigenvalue weighted by molar-refractivity contribution is 0.472. The summed E-state index contributed by atoms with van der Waals surface area (Å²) in [6.07, 6.45) is 3.52. The molecule has 0 aliphatic heterocycles. The first kappa shape index (κ1) is 12.1. The second kappa shape index (κ2) is 6.46. The number of benzene rings is 1. The van der Waals surface area contributed by atoms with E-state index in [1.54, 1.807) is 12.1 Å². The molecule has 1 rings (SSSR count). The zero-order valence-electron chi connectivity index (χ0n) is 9.66. The van der Waals surface area contributed by atoms with E-state index < -0.39 is 0 Å². The van der Waals surface area contributed by atoms with Crippen LogP contribution in [0.25, 0.3) is 0 Å². The van der Waals surface area contributed by atoms with E-state index in [4.69, 9.17) is 0 Å². The van der Waals surface area contributed by atoms with Gasteiger partial charge in [-0.1, -0.05) is 32.4 Å². The molecule has 0 aliphatic carbocycles. The molecule has 0 saturated carbocycles. The van der Waals surface area contributed by atoms with E-state index in [9.17, 15) is 5.11 Å². The van der Waals surface area contributed by atoms with Crippen LogP contribution in [0.2, 0.25) is 0 Å². The minimum absolute atomic E-state index is 0.335. The number of rotatable bonds is 6. The molecule has 0 bridgehead atoms. The third kappa shape index (κ3) is 3.92. The lowest BCUT2D eigenvalue weighted by Gasteiger charge is -2.17. The highest BCUT2D eigenvalue weighted by Crippen LogP contribution is 2.19. The number of phenols is 1. The first-order chi connectivity index (χ1) is 7.27. The van der Waals surface area contributed by atoms with Gasteiger partial charge in [-0.15, -0.1) is 0 Å². The Morgan fingerprint density at radius 1 is 1.20 bits per heavy atom. The Balaban J connectivity index is 2.53. The van der Waals surface area contributed by atoms with Crippen LogP contribution in [0.15, 0.2) is 24.3 Å². The minimum atomic E-state index is 0.335. The van der Waals surface area contributed by atoms with Crippen molar-refractivity contribution in [3.05, 3.63) is 29.8 Å². The highest BCUT2D eigenvalue weighted by atomic mass is 16.3. The van der Waals surface area contributed by atoms with Gasteiger partial charge in [0.2, 0.25) is 0 Å². The molecule has 0 amide bonds. The third-order valence-electron chi connectivity index (χ3n) is 2.62. The summed E-state index contributed by atoms with van der Waals surface area (Å²) in [6, 6.07) is 7.89. The Kier molecular flexibility index (Phi) is 5.19. The normalized spacial score (nSPS) is 12.7. The van der Waals surface area contributed by atoms with Crippen molar-refractivity contribution >= 4 is 0 Å². The standard InChI is InChI=1S/C13H21NO/c1-3-5-10-14-13(4-2)11-6-8-12(15)9-7-11/h6-9,13-15H,3-5,10H2,1-2H3. The molecule has 15 heavy (non-hydrogen) atoms. The average molecular weight is 207 g/mol. The van der Waals surface area contributed by atoms with E-state index in [0.29, 0.717) is 11.8 Å². The maximum Gasteiger partial charge on any atom is 0.115 e. The maximum atomic E-state index is 9.20. The van der Waals surface area contributed by atoms with Crippen LogP contribution in [-0.4, -0.2) is 11.7 Å². The Morgan fingerprint density at radius 3 is 2.40 bits per heavy atom. The van der Waals surface area contributed by atoms with Gasteiger partial charge in [-0.3, -0.25) is 0 Å². The lowest BCUT2D eigenvalue weighted by Crippen LogP contribution is -2.21. The highest BCUT2D eigenvalue weighted by molar-refractivity contribution is 5.27. The number of hydrogen-bond acceptors (Lipinski definition) is 2. The summed E-state index contributed by atoms with van der Waals surface area (Å²) in [4.78, 5) is 0. The highest BCUT2D eigenvalue weighted by Gasteiger charge is 2.07. The van der Waals surface area contributed by atoms with Crippen LogP contribution in [0.1, 0.15) is 44.7 Å². The number of unbranched alkanes of at least 4 members (excludes halogenated alkanes) is 1. The van der Waals surface area contributed by atoms with Gasteiger partial charge in [0.05, 0.1) is 0 Å². The first-order valence-electron chi connectivity index (χ1n) is 5.80. The number of hydrogen-bond donors (Lipinski definition) is 2. The van der Waals surface area contributed by atoms with E-state index in [1.165, 1.54) is 18.4 Å². The largest absolute Gasteiger partial charge is 0.508 e. The summed E-state index contributed by atoms with van der Waals surface area (Å²) in [5.41, 5.74) is 1.26. The second-order valence-electron chi connectivity index (χ2n) is 3.86. The van der Waals surface area contributed by atoms with Gasteiger partial charge in [0.1, 0.15) is 5.75 Å². The Labute approximate surface area is 92.3 Å². The smallest absolute Gasteiger partial charge is 0.115 e. The van der Waals surface area contributed by atoms with Crippen molar-refractivity contribution in [3.63, 3.8) is 0 Å². The Morgan fingerprint density at radius 2 is 1.87 bits per heavy atom. The summed E-state index contributed by atoms with van der Waals surface area (Å²) >= 11 is 0. The zero-order chi connectivity index (χ0) is 11.1. The SMILES string of the molecule is CCCCNC(CC)c1ccc(O)cc1. The Bertz CT molecular complexity index is 268. The van der Waals surface area contributed by atoms with Gasteiger partial charge >= 0.3 is 0 Å². The van der Waals surface area contributed by atoms with Gasteiger partial charge in [-0.25, -0.2) is 0 Å². The minimum Gasteiger partial charge on any atom is -0.508 e. The zero-order valence-corrected chi connectivity index (χ0v) is 9.66. The van der Waals surface area contributed by atoms with Crippen LogP contribution in [-0.2, 0) is 0 Å². The molecule has 0 spiro atoms. The van der Waals surface area contributed by atoms with Crippen LogP contribution in [0, 0.1) is 0 Å². The molecular formula is C13H21NO. The molecule has 1 aromatic carbocycles. The molecule has 84 valence electrons. The summed E-state index contributed by atoms with van der Waals surface area (Å²) in [5, 5.41) is 12.7. The van der Waals surface area contributed by atoms with Crippen molar-refractivity contribution in [3.8, 4) is 5.75 Å². The predicted molar refractivity (Wildman–Crippen MR) is 64.0 cm³/mol. The topological polar surface area (TPSA) is 32.3 Å². The summed E-state index contributed by atoms with van der Waals surface area (Å²) in [7, 11) is 0. The maximum absolute atomic E-state index is 9.20. The van der Waals surface area contributed by atoms with Gasteiger partial charge in [0.25, 0.3) is 0 Å². The third-order valence-corrected chi connectivity index (χ3v) is 2.62. The number of aromatic hydroxyl groups is 1. The van der Waals surface area contributed by atoms with E-state index in [-0.39, 0.29) is 0 Å². The molecule has 0 aromatic heterocycles.